The van der Waals surface area contributed by atoms with E-state index in [1.54, 1.807) is 4.90 Å². The Labute approximate surface area is 108 Å². The van der Waals surface area contributed by atoms with Gasteiger partial charge in [0.1, 0.15) is 0 Å². The number of para-hydroxylation sites is 1. The number of hydrogen-bond acceptors (Lipinski definition) is 3. The summed E-state index contributed by atoms with van der Waals surface area (Å²) in [5.41, 5.74) is 2.13. The molecule has 1 aliphatic heterocycles. The molecule has 1 aromatic carbocycles. The zero-order valence-corrected chi connectivity index (χ0v) is 10.9. The monoisotopic (exact) mass is 248 g/mol. The number of carbonyl (C=O) groups is 1. The van der Waals surface area contributed by atoms with Gasteiger partial charge in [0, 0.05) is 37.8 Å². The highest BCUT2D eigenvalue weighted by atomic mass is 16.3. The van der Waals surface area contributed by atoms with E-state index < -0.39 is 0 Å². The van der Waals surface area contributed by atoms with Gasteiger partial charge in [-0.2, -0.15) is 0 Å². The van der Waals surface area contributed by atoms with Crippen LogP contribution in [0.4, 0.5) is 5.69 Å². The first-order valence-electron chi connectivity index (χ1n) is 6.36. The van der Waals surface area contributed by atoms with Crippen LogP contribution in [0.5, 0.6) is 0 Å². The number of carbonyl (C=O) groups excluding carboxylic acids is 1. The predicted molar refractivity (Wildman–Crippen MR) is 71.5 cm³/mol. The van der Waals surface area contributed by atoms with Gasteiger partial charge < -0.3 is 15.3 Å². The van der Waals surface area contributed by atoms with E-state index in [9.17, 15) is 4.79 Å². The topological polar surface area (TPSA) is 52.6 Å². The van der Waals surface area contributed by atoms with E-state index in [1.807, 2.05) is 32.2 Å². The lowest BCUT2D eigenvalue weighted by Crippen LogP contribution is -2.40. The first-order valence-corrected chi connectivity index (χ1v) is 6.36. The molecule has 0 saturated heterocycles. The van der Waals surface area contributed by atoms with Crippen molar-refractivity contribution in [3.63, 3.8) is 0 Å². The molecule has 0 aliphatic carbocycles. The van der Waals surface area contributed by atoms with Crippen LogP contribution in [0.2, 0.25) is 0 Å². The van der Waals surface area contributed by atoms with Crippen LogP contribution in [0.1, 0.15) is 31.4 Å². The standard InChI is InChI=1S/C14H20N2O2/c1-10(7-8-17)15-12-9-14(18)16(2)13-6-4-3-5-11(12)13/h3-6,10,12,15,17H,7-9H2,1-2H3. The molecule has 4 heteroatoms. The Kier molecular flexibility index (Phi) is 3.99. The second-order valence-electron chi connectivity index (χ2n) is 4.85. The fourth-order valence-corrected chi connectivity index (χ4v) is 2.41. The number of rotatable bonds is 4. The highest BCUT2D eigenvalue weighted by molar-refractivity contribution is 5.96. The van der Waals surface area contributed by atoms with Crippen LogP contribution < -0.4 is 10.2 Å². The summed E-state index contributed by atoms with van der Waals surface area (Å²) in [5.74, 6) is 0.127. The number of aliphatic hydroxyl groups is 1. The van der Waals surface area contributed by atoms with Gasteiger partial charge in [-0.05, 0) is 25.0 Å². The van der Waals surface area contributed by atoms with Gasteiger partial charge in [-0.15, -0.1) is 0 Å². The van der Waals surface area contributed by atoms with Gasteiger partial charge in [-0.1, -0.05) is 18.2 Å². The SMILES string of the molecule is CC(CCO)NC1CC(=O)N(C)c2ccccc21. The summed E-state index contributed by atoms with van der Waals surface area (Å²) in [6.07, 6.45) is 1.17. The molecule has 0 fully saturated rings. The van der Waals surface area contributed by atoms with Crippen LogP contribution in [0, 0.1) is 0 Å². The maximum atomic E-state index is 11.9. The maximum absolute atomic E-state index is 11.9. The molecule has 98 valence electrons. The Hall–Kier alpha value is -1.39. The van der Waals surface area contributed by atoms with Crippen molar-refractivity contribution >= 4 is 11.6 Å². The van der Waals surface area contributed by atoms with E-state index in [0.29, 0.717) is 12.8 Å². The first-order chi connectivity index (χ1) is 8.63. The number of anilines is 1. The molecule has 2 N–H and O–H groups in total. The molecule has 2 atom stereocenters. The molecular weight excluding hydrogens is 228 g/mol. The van der Waals surface area contributed by atoms with Gasteiger partial charge in [-0.3, -0.25) is 4.79 Å². The van der Waals surface area contributed by atoms with E-state index in [-0.39, 0.29) is 24.6 Å². The number of aliphatic hydroxyl groups excluding tert-OH is 1. The fraction of sp³-hybridized carbons (Fsp3) is 0.500. The second-order valence-corrected chi connectivity index (χ2v) is 4.85. The Morgan fingerprint density at radius 3 is 2.94 bits per heavy atom. The van der Waals surface area contributed by atoms with Gasteiger partial charge in [-0.25, -0.2) is 0 Å². The molecule has 2 unspecified atom stereocenters. The van der Waals surface area contributed by atoms with Gasteiger partial charge in [0.2, 0.25) is 5.91 Å². The van der Waals surface area contributed by atoms with E-state index in [1.165, 1.54) is 0 Å². The zero-order chi connectivity index (χ0) is 13.1. The highest BCUT2D eigenvalue weighted by Crippen LogP contribution is 2.33. The lowest BCUT2D eigenvalue weighted by molar-refractivity contribution is -0.119. The van der Waals surface area contributed by atoms with Gasteiger partial charge in [0.05, 0.1) is 0 Å². The van der Waals surface area contributed by atoms with Gasteiger partial charge in [0.25, 0.3) is 0 Å². The Morgan fingerprint density at radius 2 is 2.22 bits per heavy atom. The summed E-state index contributed by atoms with van der Waals surface area (Å²) >= 11 is 0. The second kappa shape index (κ2) is 5.50. The molecule has 18 heavy (non-hydrogen) atoms. The molecule has 1 aliphatic rings. The molecule has 4 nitrogen and oxygen atoms in total. The quantitative estimate of drug-likeness (QED) is 0.848. The third kappa shape index (κ3) is 2.54. The number of nitrogens with zero attached hydrogens (tertiary/aromatic N) is 1. The smallest absolute Gasteiger partial charge is 0.228 e. The summed E-state index contributed by atoms with van der Waals surface area (Å²) in [6.45, 7) is 2.19. The molecular formula is C14H20N2O2. The van der Waals surface area contributed by atoms with Crippen molar-refractivity contribution in [3.8, 4) is 0 Å². The Balaban J connectivity index is 2.22. The van der Waals surface area contributed by atoms with Crippen molar-refractivity contribution in [2.75, 3.05) is 18.6 Å². The number of fused-ring (bicyclic) bond motifs is 1. The van der Waals surface area contributed by atoms with Crippen LogP contribution in [0.3, 0.4) is 0 Å². The van der Waals surface area contributed by atoms with E-state index in [4.69, 9.17) is 5.11 Å². The molecule has 2 rings (SSSR count). The Bertz CT molecular complexity index is 434. The third-order valence-corrected chi connectivity index (χ3v) is 3.47. The van der Waals surface area contributed by atoms with E-state index in [0.717, 1.165) is 11.3 Å². The number of hydrogen-bond donors (Lipinski definition) is 2. The minimum Gasteiger partial charge on any atom is -0.396 e. The molecule has 0 saturated carbocycles. The average molecular weight is 248 g/mol. The first kappa shape index (κ1) is 13.1. The largest absolute Gasteiger partial charge is 0.396 e. The minimum absolute atomic E-state index is 0.0476. The average Bonchev–Trinajstić information content (AvgIpc) is 2.36. The number of amides is 1. The normalized spacial score (nSPS) is 20.7. The molecule has 1 aromatic rings. The molecule has 0 radical (unpaired) electrons. The van der Waals surface area contributed by atoms with Crippen molar-refractivity contribution in [2.45, 2.75) is 31.8 Å². The van der Waals surface area contributed by atoms with Crippen molar-refractivity contribution in [3.05, 3.63) is 29.8 Å². The third-order valence-electron chi connectivity index (χ3n) is 3.47. The van der Waals surface area contributed by atoms with Crippen LogP contribution in [-0.2, 0) is 4.79 Å². The molecule has 0 bridgehead atoms. The minimum atomic E-state index is 0.0476. The van der Waals surface area contributed by atoms with Gasteiger partial charge >= 0.3 is 0 Å². The van der Waals surface area contributed by atoms with Crippen LogP contribution in [0.15, 0.2) is 24.3 Å². The lowest BCUT2D eigenvalue weighted by Gasteiger charge is -2.33. The van der Waals surface area contributed by atoms with Crippen LogP contribution >= 0.6 is 0 Å². The molecule has 1 heterocycles. The van der Waals surface area contributed by atoms with Crippen LogP contribution in [-0.4, -0.2) is 30.7 Å². The van der Waals surface area contributed by atoms with Crippen molar-refractivity contribution in [2.24, 2.45) is 0 Å². The molecule has 1 amide bonds. The summed E-state index contributed by atoms with van der Waals surface area (Å²) < 4.78 is 0. The maximum Gasteiger partial charge on any atom is 0.228 e. The van der Waals surface area contributed by atoms with E-state index >= 15 is 0 Å². The summed E-state index contributed by atoms with van der Waals surface area (Å²) in [5, 5.41) is 12.4. The molecule has 0 aromatic heterocycles. The number of benzene rings is 1. The van der Waals surface area contributed by atoms with Crippen LogP contribution in [0.25, 0.3) is 0 Å². The summed E-state index contributed by atoms with van der Waals surface area (Å²) in [4.78, 5) is 13.7. The van der Waals surface area contributed by atoms with Crippen molar-refractivity contribution in [1.29, 1.82) is 0 Å². The number of nitrogens with one attached hydrogen (secondary N) is 1. The Morgan fingerprint density at radius 1 is 1.50 bits per heavy atom. The molecule has 0 spiro atoms. The summed E-state index contributed by atoms with van der Waals surface area (Å²) in [7, 11) is 1.81. The summed E-state index contributed by atoms with van der Waals surface area (Å²) in [6, 6.07) is 8.21. The van der Waals surface area contributed by atoms with Gasteiger partial charge in [0.15, 0.2) is 0 Å². The highest BCUT2D eigenvalue weighted by Gasteiger charge is 2.29. The zero-order valence-electron chi connectivity index (χ0n) is 10.9. The van der Waals surface area contributed by atoms with E-state index in [2.05, 4.69) is 11.4 Å². The fourth-order valence-electron chi connectivity index (χ4n) is 2.41. The lowest BCUT2D eigenvalue weighted by atomic mass is 9.95. The van der Waals surface area contributed by atoms with Crippen molar-refractivity contribution in [1.82, 2.24) is 5.32 Å². The predicted octanol–water partition coefficient (Wildman–Crippen LogP) is 1.45. The van der Waals surface area contributed by atoms with Crippen molar-refractivity contribution < 1.29 is 9.90 Å².